The van der Waals surface area contributed by atoms with E-state index in [1.165, 1.54) is 13.8 Å². The fourth-order valence-corrected chi connectivity index (χ4v) is 0.957. The number of rotatable bonds is 2. The predicted molar refractivity (Wildman–Crippen MR) is 53.5 cm³/mol. The molecule has 98 valence electrons. The van der Waals surface area contributed by atoms with E-state index < -0.39 is 23.6 Å². The van der Waals surface area contributed by atoms with E-state index in [9.17, 15) is 18.0 Å². The molecule has 0 spiro atoms. The molecule has 0 radical (unpaired) electrons. The van der Waals surface area contributed by atoms with Gasteiger partial charge < -0.3 is 9.15 Å². The van der Waals surface area contributed by atoms with Gasteiger partial charge in [0.25, 0.3) is 0 Å². The van der Waals surface area contributed by atoms with Crippen molar-refractivity contribution >= 4 is 5.97 Å². The maximum absolute atomic E-state index is 12.3. The van der Waals surface area contributed by atoms with Gasteiger partial charge >= 0.3 is 12.1 Å². The summed E-state index contributed by atoms with van der Waals surface area (Å²) in [4.78, 5) is 14.4. The smallest absolute Gasteiger partial charge is 0.452 e. The van der Waals surface area contributed by atoms with Crippen molar-refractivity contribution in [1.82, 2.24) is 4.98 Å². The summed E-state index contributed by atoms with van der Waals surface area (Å²) in [5.41, 5.74) is -0.832. The summed E-state index contributed by atoms with van der Waals surface area (Å²) in [7, 11) is 0. The zero-order chi connectivity index (χ0) is 13.6. The minimum atomic E-state index is -4.75. The molecule has 0 aliphatic heterocycles. The summed E-state index contributed by atoms with van der Waals surface area (Å²) in [6.07, 6.45) is -4.75. The Labute approximate surface area is 96.8 Å². The number of aromatic nitrogens is 1. The number of nitrogens with zero attached hydrogens (tertiary/aromatic N) is 1. The quantitative estimate of drug-likeness (QED) is 0.759. The van der Waals surface area contributed by atoms with Crippen LogP contribution in [-0.2, 0) is 10.9 Å². The van der Waals surface area contributed by atoms with Crippen LogP contribution in [0.2, 0.25) is 0 Å². The topological polar surface area (TPSA) is 52.3 Å². The van der Waals surface area contributed by atoms with Crippen molar-refractivity contribution in [3.05, 3.63) is 17.3 Å². The van der Waals surface area contributed by atoms with E-state index in [0.717, 1.165) is 0 Å². The number of oxazole rings is 1. The first-order valence-electron chi connectivity index (χ1n) is 5.08. The van der Waals surface area contributed by atoms with E-state index >= 15 is 0 Å². The highest BCUT2D eigenvalue weighted by Crippen LogP contribution is 2.32. The van der Waals surface area contributed by atoms with Gasteiger partial charge in [-0.2, -0.15) is 13.2 Å². The second-order valence-corrected chi connectivity index (χ2v) is 2.63. The number of carbonyl (C=O) groups excluding carboxylic acids is 1. The average molecular weight is 253 g/mol. The van der Waals surface area contributed by atoms with E-state index in [1.807, 2.05) is 13.8 Å². The summed E-state index contributed by atoms with van der Waals surface area (Å²) in [6.45, 7) is 6.68. The van der Waals surface area contributed by atoms with Gasteiger partial charge in [-0.15, -0.1) is 0 Å². The second-order valence-electron chi connectivity index (χ2n) is 2.63. The van der Waals surface area contributed by atoms with E-state index in [0.29, 0.717) is 0 Å². The van der Waals surface area contributed by atoms with Gasteiger partial charge in [0.05, 0.1) is 6.61 Å². The molecule has 0 saturated heterocycles. The molecule has 4 nitrogen and oxygen atoms in total. The highest BCUT2D eigenvalue weighted by molar-refractivity contribution is 5.88. The summed E-state index contributed by atoms with van der Waals surface area (Å²) in [5, 5.41) is 0. The number of hydrogen-bond donors (Lipinski definition) is 0. The van der Waals surface area contributed by atoms with Gasteiger partial charge in [-0.3, -0.25) is 0 Å². The highest BCUT2D eigenvalue weighted by Gasteiger charge is 2.41. The Morgan fingerprint density at radius 1 is 1.41 bits per heavy atom. The van der Waals surface area contributed by atoms with Crippen LogP contribution in [0.1, 0.15) is 42.9 Å². The molecular formula is C10H14F3NO3. The Balaban J connectivity index is 0.00000121. The Morgan fingerprint density at radius 2 is 1.94 bits per heavy atom. The third kappa shape index (κ3) is 4.08. The molecule has 1 aromatic rings. The molecule has 0 unspecified atom stereocenters. The Morgan fingerprint density at radius 3 is 2.35 bits per heavy atom. The number of esters is 1. The largest absolute Gasteiger partial charge is 0.461 e. The van der Waals surface area contributed by atoms with Gasteiger partial charge in [-0.05, 0) is 6.92 Å². The van der Waals surface area contributed by atoms with Crippen LogP contribution in [0.25, 0.3) is 0 Å². The van der Waals surface area contributed by atoms with Gasteiger partial charge in [0.2, 0.25) is 5.76 Å². The Bertz CT molecular complexity index is 371. The van der Waals surface area contributed by atoms with Crippen LogP contribution in [0.4, 0.5) is 13.2 Å². The first kappa shape index (κ1) is 15.5. The van der Waals surface area contributed by atoms with Crippen LogP contribution in [0.5, 0.6) is 0 Å². The van der Waals surface area contributed by atoms with Gasteiger partial charge in [-0.25, -0.2) is 9.78 Å². The van der Waals surface area contributed by atoms with E-state index in [2.05, 4.69) is 14.1 Å². The summed E-state index contributed by atoms with van der Waals surface area (Å²) < 4.78 is 45.7. The van der Waals surface area contributed by atoms with Crippen molar-refractivity contribution in [3.63, 3.8) is 0 Å². The van der Waals surface area contributed by atoms with E-state index in [-0.39, 0.29) is 12.5 Å². The zero-order valence-corrected chi connectivity index (χ0v) is 10.0. The number of aryl methyl sites for hydroxylation is 1. The fraction of sp³-hybridized carbons (Fsp3) is 0.600. The molecule has 0 fully saturated rings. The standard InChI is InChI=1S/C8H8F3NO3.C2H6/c1-3-14-7(13)5-6(8(9,10)11)15-4(2)12-5;1-2/h3H2,1-2H3;1-2H3. The van der Waals surface area contributed by atoms with Crippen molar-refractivity contribution in [2.75, 3.05) is 6.61 Å². The molecule has 1 heterocycles. The van der Waals surface area contributed by atoms with Gasteiger partial charge in [0.1, 0.15) is 0 Å². The van der Waals surface area contributed by atoms with Gasteiger partial charge in [0, 0.05) is 6.92 Å². The van der Waals surface area contributed by atoms with Crippen molar-refractivity contribution in [2.45, 2.75) is 33.9 Å². The lowest BCUT2D eigenvalue weighted by Gasteiger charge is -2.03. The molecule has 0 aliphatic rings. The van der Waals surface area contributed by atoms with Gasteiger partial charge in [-0.1, -0.05) is 13.8 Å². The van der Waals surface area contributed by atoms with E-state index in [1.54, 1.807) is 0 Å². The third-order valence-electron chi connectivity index (χ3n) is 1.46. The number of ether oxygens (including phenoxy) is 1. The molecule has 7 heteroatoms. The minimum absolute atomic E-state index is 0.0258. The van der Waals surface area contributed by atoms with Crippen LogP contribution in [-0.4, -0.2) is 17.6 Å². The molecule has 0 saturated carbocycles. The summed E-state index contributed by atoms with van der Waals surface area (Å²) in [6, 6.07) is 0. The average Bonchev–Trinajstić information content (AvgIpc) is 2.63. The van der Waals surface area contributed by atoms with Crippen LogP contribution >= 0.6 is 0 Å². The molecule has 0 aliphatic carbocycles. The monoisotopic (exact) mass is 253 g/mol. The molecule has 1 rings (SSSR count). The number of halogens is 3. The maximum atomic E-state index is 12.3. The third-order valence-corrected chi connectivity index (χ3v) is 1.46. The summed E-state index contributed by atoms with van der Waals surface area (Å²) in [5.74, 6) is -2.79. The lowest BCUT2D eigenvalue weighted by atomic mass is 10.3. The van der Waals surface area contributed by atoms with Gasteiger partial charge in [0.15, 0.2) is 11.6 Å². The SMILES string of the molecule is CC.CCOC(=O)c1nc(C)oc1C(F)(F)F. The highest BCUT2D eigenvalue weighted by atomic mass is 19.4. The van der Waals surface area contributed by atoms with Crippen molar-refractivity contribution in [2.24, 2.45) is 0 Å². The van der Waals surface area contributed by atoms with Crippen molar-refractivity contribution < 1.29 is 27.1 Å². The zero-order valence-electron chi connectivity index (χ0n) is 10.0. The van der Waals surface area contributed by atoms with Crippen LogP contribution in [0.3, 0.4) is 0 Å². The van der Waals surface area contributed by atoms with E-state index in [4.69, 9.17) is 0 Å². The molecule has 0 amide bonds. The number of alkyl halides is 3. The van der Waals surface area contributed by atoms with Crippen molar-refractivity contribution in [3.8, 4) is 0 Å². The molecular weight excluding hydrogens is 239 g/mol. The number of hydrogen-bond acceptors (Lipinski definition) is 4. The first-order valence-corrected chi connectivity index (χ1v) is 5.08. The normalized spacial score (nSPS) is 10.5. The van der Waals surface area contributed by atoms with Crippen LogP contribution in [0, 0.1) is 6.92 Å². The molecule has 0 bridgehead atoms. The summed E-state index contributed by atoms with van der Waals surface area (Å²) >= 11 is 0. The van der Waals surface area contributed by atoms with Crippen LogP contribution in [0.15, 0.2) is 4.42 Å². The Kier molecular flexibility index (Phi) is 5.70. The fourth-order valence-electron chi connectivity index (χ4n) is 0.957. The Hall–Kier alpha value is -1.53. The lowest BCUT2D eigenvalue weighted by Crippen LogP contribution is -2.13. The van der Waals surface area contributed by atoms with Crippen LogP contribution < -0.4 is 0 Å². The minimum Gasteiger partial charge on any atom is -0.461 e. The molecule has 1 aromatic heterocycles. The maximum Gasteiger partial charge on any atom is 0.452 e. The predicted octanol–water partition coefficient (Wildman–Crippen LogP) is 3.20. The second kappa shape index (κ2) is 6.27. The molecule has 0 aromatic carbocycles. The molecule has 0 N–H and O–H groups in total. The molecule has 17 heavy (non-hydrogen) atoms. The molecule has 0 atom stereocenters. The number of carbonyl (C=O) groups is 1. The first-order chi connectivity index (χ1) is 7.86. The van der Waals surface area contributed by atoms with Crippen molar-refractivity contribution in [1.29, 1.82) is 0 Å². The lowest BCUT2D eigenvalue weighted by molar-refractivity contribution is -0.153.